The van der Waals surface area contributed by atoms with E-state index in [2.05, 4.69) is 26.0 Å². The van der Waals surface area contributed by atoms with E-state index in [1.54, 1.807) is 0 Å². The molecule has 0 saturated carbocycles. The van der Waals surface area contributed by atoms with Gasteiger partial charge < -0.3 is 4.74 Å². The summed E-state index contributed by atoms with van der Waals surface area (Å²) in [6.07, 6.45) is 5.33. The highest BCUT2D eigenvalue weighted by Gasteiger charge is 2.38. The zero-order valence-corrected chi connectivity index (χ0v) is 16.1. The number of rotatable bonds is 7. The Morgan fingerprint density at radius 3 is 2.12 bits per heavy atom. The molecule has 1 aromatic rings. The zero-order chi connectivity index (χ0) is 18.7. The number of nitrogens with zero attached hydrogens (tertiary/aromatic N) is 1. The van der Waals surface area contributed by atoms with E-state index in [9.17, 15) is 9.59 Å². The summed E-state index contributed by atoms with van der Waals surface area (Å²) in [5.41, 5.74) is 2.81. The lowest BCUT2D eigenvalue weighted by Crippen LogP contribution is -2.33. The second-order valence-electron chi connectivity index (χ2n) is 7.87. The van der Waals surface area contributed by atoms with Crippen LogP contribution in [0, 0.1) is 0 Å². The van der Waals surface area contributed by atoms with E-state index in [4.69, 9.17) is 4.74 Å². The van der Waals surface area contributed by atoms with Gasteiger partial charge in [-0.1, -0.05) is 26.0 Å². The average molecular weight is 355 g/mol. The van der Waals surface area contributed by atoms with E-state index >= 15 is 0 Å². The van der Waals surface area contributed by atoms with Crippen LogP contribution in [0.25, 0.3) is 0 Å². The summed E-state index contributed by atoms with van der Waals surface area (Å²) in [4.78, 5) is 26.5. The number of ether oxygens (including phenoxy) is 1. The number of benzene rings is 1. The van der Waals surface area contributed by atoms with Gasteiger partial charge in [0.15, 0.2) is 0 Å². The molecule has 1 heterocycles. The molecule has 2 amide bonds. The van der Waals surface area contributed by atoms with Gasteiger partial charge in [-0.05, 0) is 68.6 Å². The molecule has 1 aromatic carbocycles. The fourth-order valence-corrected chi connectivity index (χ4v) is 3.99. The van der Waals surface area contributed by atoms with E-state index in [0.29, 0.717) is 13.2 Å². The molecule has 26 heavy (non-hydrogen) atoms. The van der Waals surface area contributed by atoms with Crippen LogP contribution in [0.1, 0.15) is 64.9 Å². The molecule has 1 aliphatic heterocycles. The van der Waals surface area contributed by atoms with Crippen molar-refractivity contribution in [2.24, 2.45) is 0 Å². The van der Waals surface area contributed by atoms with Crippen LogP contribution in [0.15, 0.2) is 35.4 Å². The van der Waals surface area contributed by atoms with Crippen molar-refractivity contribution < 1.29 is 14.3 Å². The fourth-order valence-electron chi connectivity index (χ4n) is 3.99. The molecule has 0 unspecified atom stereocenters. The standard InChI is InChI=1S/C22H29NO3/c1-4-26-17-12-10-16(11-13-17)22(2,3)14-7-15-23-20(24)18-8-5-6-9-19(18)21(23)25/h10-13H,4-9,14-15H2,1-3H3. The minimum Gasteiger partial charge on any atom is -0.494 e. The fraction of sp³-hybridized carbons (Fsp3) is 0.545. The monoisotopic (exact) mass is 355 g/mol. The first-order valence-corrected chi connectivity index (χ1v) is 9.75. The molecule has 4 heteroatoms. The molecule has 4 nitrogen and oxygen atoms in total. The van der Waals surface area contributed by atoms with Gasteiger partial charge in [0.05, 0.1) is 6.61 Å². The molecule has 1 aliphatic carbocycles. The molecular formula is C22H29NO3. The van der Waals surface area contributed by atoms with Crippen molar-refractivity contribution in [2.75, 3.05) is 13.2 Å². The van der Waals surface area contributed by atoms with Crippen LogP contribution in [0.5, 0.6) is 5.75 Å². The first-order valence-electron chi connectivity index (χ1n) is 9.75. The maximum Gasteiger partial charge on any atom is 0.257 e. The first kappa shape index (κ1) is 18.7. The van der Waals surface area contributed by atoms with Crippen molar-refractivity contribution in [1.82, 2.24) is 4.90 Å². The molecule has 0 fully saturated rings. The molecule has 0 atom stereocenters. The number of carbonyl (C=O) groups excluding carboxylic acids is 2. The maximum absolute atomic E-state index is 12.5. The molecule has 140 valence electrons. The predicted molar refractivity (Wildman–Crippen MR) is 102 cm³/mol. The molecule has 0 N–H and O–H groups in total. The Kier molecular flexibility index (Phi) is 5.49. The highest BCUT2D eigenvalue weighted by molar-refractivity contribution is 6.19. The van der Waals surface area contributed by atoms with Crippen molar-refractivity contribution >= 4 is 11.8 Å². The molecule has 0 bridgehead atoms. The lowest BCUT2D eigenvalue weighted by atomic mass is 9.80. The van der Waals surface area contributed by atoms with Crippen LogP contribution in [0.4, 0.5) is 0 Å². The second kappa shape index (κ2) is 7.65. The third kappa shape index (κ3) is 3.69. The van der Waals surface area contributed by atoms with Crippen LogP contribution in [0.2, 0.25) is 0 Å². The second-order valence-corrected chi connectivity index (χ2v) is 7.87. The van der Waals surface area contributed by atoms with Crippen molar-refractivity contribution in [2.45, 2.75) is 64.7 Å². The zero-order valence-electron chi connectivity index (χ0n) is 16.1. The van der Waals surface area contributed by atoms with Crippen LogP contribution in [-0.2, 0) is 15.0 Å². The third-order valence-corrected chi connectivity index (χ3v) is 5.60. The smallest absolute Gasteiger partial charge is 0.257 e. The normalized spacial score (nSPS) is 17.7. The summed E-state index contributed by atoms with van der Waals surface area (Å²) < 4.78 is 5.51. The summed E-state index contributed by atoms with van der Waals surface area (Å²) >= 11 is 0. The van der Waals surface area contributed by atoms with E-state index in [-0.39, 0.29) is 17.2 Å². The summed E-state index contributed by atoms with van der Waals surface area (Å²) in [6, 6.07) is 8.23. The van der Waals surface area contributed by atoms with E-state index in [1.807, 2.05) is 19.1 Å². The number of imide groups is 1. The van der Waals surface area contributed by atoms with Crippen LogP contribution in [-0.4, -0.2) is 29.9 Å². The van der Waals surface area contributed by atoms with Gasteiger partial charge >= 0.3 is 0 Å². The number of hydrogen-bond donors (Lipinski definition) is 0. The Labute approximate surface area is 156 Å². The Hall–Kier alpha value is -2.10. The number of amides is 2. The van der Waals surface area contributed by atoms with E-state index in [0.717, 1.165) is 55.4 Å². The van der Waals surface area contributed by atoms with Gasteiger partial charge in [-0.2, -0.15) is 0 Å². The van der Waals surface area contributed by atoms with Gasteiger partial charge in [0.1, 0.15) is 5.75 Å². The van der Waals surface area contributed by atoms with Crippen molar-refractivity contribution in [3.8, 4) is 5.75 Å². The summed E-state index contributed by atoms with van der Waals surface area (Å²) in [7, 11) is 0. The minimum atomic E-state index is -0.0384. The Bertz CT molecular complexity index is 687. The lowest BCUT2D eigenvalue weighted by molar-refractivity contribution is -0.137. The van der Waals surface area contributed by atoms with Crippen LogP contribution in [0.3, 0.4) is 0 Å². The summed E-state index contributed by atoms with van der Waals surface area (Å²) in [5, 5.41) is 0. The highest BCUT2D eigenvalue weighted by Crippen LogP contribution is 2.34. The van der Waals surface area contributed by atoms with Crippen LogP contribution >= 0.6 is 0 Å². The van der Waals surface area contributed by atoms with Gasteiger partial charge in [0.25, 0.3) is 11.8 Å². The first-order chi connectivity index (χ1) is 12.4. The Balaban J connectivity index is 1.57. The van der Waals surface area contributed by atoms with Gasteiger partial charge in [-0.3, -0.25) is 14.5 Å². The molecule has 0 radical (unpaired) electrons. The van der Waals surface area contributed by atoms with Crippen molar-refractivity contribution in [3.05, 3.63) is 41.0 Å². The average Bonchev–Trinajstić information content (AvgIpc) is 2.88. The summed E-state index contributed by atoms with van der Waals surface area (Å²) in [6.45, 7) is 7.58. The highest BCUT2D eigenvalue weighted by atomic mass is 16.5. The topological polar surface area (TPSA) is 46.6 Å². The molecule has 0 spiro atoms. The number of hydrogen-bond acceptors (Lipinski definition) is 3. The summed E-state index contributed by atoms with van der Waals surface area (Å²) in [5.74, 6) is 0.809. The van der Waals surface area contributed by atoms with Crippen LogP contribution < -0.4 is 4.74 Å². The quantitative estimate of drug-likeness (QED) is 0.682. The van der Waals surface area contributed by atoms with Gasteiger partial charge in [-0.15, -0.1) is 0 Å². The van der Waals surface area contributed by atoms with Gasteiger partial charge in [0.2, 0.25) is 0 Å². The van der Waals surface area contributed by atoms with Crippen molar-refractivity contribution in [3.63, 3.8) is 0 Å². The van der Waals surface area contributed by atoms with E-state index < -0.39 is 0 Å². The molecular weight excluding hydrogens is 326 g/mol. The lowest BCUT2D eigenvalue weighted by Gasteiger charge is -2.26. The third-order valence-electron chi connectivity index (χ3n) is 5.60. The molecule has 2 aliphatic rings. The van der Waals surface area contributed by atoms with Gasteiger partial charge in [0, 0.05) is 17.7 Å². The van der Waals surface area contributed by atoms with E-state index in [1.165, 1.54) is 10.5 Å². The largest absolute Gasteiger partial charge is 0.494 e. The Morgan fingerprint density at radius 1 is 1.00 bits per heavy atom. The molecule has 0 saturated heterocycles. The van der Waals surface area contributed by atoms with Gasteiger partial charge in [-0.25, -0.2) is 0 Å². The Morgan fingerprint density at radius 2 is 1.58 bits per heavy atom. The minimum absolute atomic E-state index is 0.0103. The molecule has 0 aromatic heterocycles. The predicted octanol–water partition coefficient (Wildman–Crippen LogP) is 4.38. The maximum atomic E-state index is 12.5. The number of carbonyl (C=O) groups is 2. The molecule has 3 rings (SSSR count). The SMILES string of the molecule is CCOc1ccc(C(C)(C)CCCN2C(=O)C3=C(CCCC3)C2=O)cc1. The van der Waals surface area contributed by atoms with Crippen molar-refractivity contribution in [1.29, 1.82) is 0 Å².